The van der Waals surface area contributed by atoms with Gasteiger partial charge < -0.3 is 10.2 Å². The summed E-state index contributed by atoms with van der Waals surface area (Å²) in [5, 5.41) is 25.5. The molecule has 0 radical (unpaired) electrons. The van der Waals surface area contributed by atoms with Crippen LogP contribution in [0.3, 0.4) is 0 Å². The highest BCUT2D eigenvalue weighted by Gasteiger charge is 2.20. The second-order valence-corrected chi connectivity index (χ2v) is 3.32. The summed E-state index contributed by atoms with van der Waals surface area (Å²) in [7, 11) is 0. The first-order chi connectivity index (χ1) is 6.16. The van der Waals surface area contributed by atoms with E-state index in [4.69, 9.17) is 11.6 Å². The van der Waals surface area contributed by atoms with E-state index in [-0.39, 0.29) is 0 Å². The van der Waals surface area contributed by atoms with Crippen molar-refractivity contribution in [2.24, 2.45) is 0 Å². The van der Waals surface area contributed by atoms with E-state index in [0.29, 0.717) is 17.9 Å². The van der Waals surface area contributed by atoms with Gasteiger partial charge in [0.25, 0.3) is 0 Å². The Bertz CT molecular complexity index is 264. The van der Waals surface area contributed by atoms with Crippen LogP contribution in [-0.4, -0.2) is 32.4 Å². The molecule has 0 aliphatic rings. The molecule has 74 valence electrons. The quantitative estimate of drug-likeness (QED) is 0.634. The van der Waals surface area contributed by atoms with Gasteiger partial charge in [-0.1, -0.05) is 0 Å². The number of alkyl halides is 1. The zero-order valence-corrected chi connectivity index (χ0v) is 8.12. The molecule has 5 heteroatoms. The van der Waals surface area contributed by atoms with Gasteiger partial charge in [0.15, 0.2) is 0 Å². The molecular formula is C8H13ClN2O2. The fourth-order valence-electron chi connectivity index (χ4n) is 1.14. The number of aromatic amines is 1. The molecule has 0 saturated heterocycles. The molecule has 0 amide bonds. The van der Waals surface area contributed by atoms with Gasteiger partial charge in [0.1, 0.15) is 6.10 Å². The number of nitrogens with one attached hydrogen (secondary N) is 1. The SMILES string of the molecule is Cc1[nH]ncc1C(O)C(O)CCCl. The third kappa shape index (κ3) is 2.43. The number of halogens is 1. The molecule has 1 heterocycles. The Morgan fingerprint density at radius 3 is 2.77 bits per heavy atom. The van der Waals surface area contributed by atoms with Gasteiger partial charge in [0.05, 0.1) is 12.3 Å². The van der Waals surface area contributed by atoms with Crippen molar-refractivity contribution in [3.05, 3.63) is 17.5 Å². The summed E-state index contributed by atoms with van der Waals surface area (Å²) in [5.41, 5.74) is 1.39. The number of aliphatic hydroxyl groups excluding tert-OH is 2. The highest BCUT2D eigenvalue weighted by molar-refractivity contribution is 6.17. The van der Waals surface area contributed by atoms with E-state index >= 15 is 0 Å². The molecule has 13 heavy (non-hydrogen) atoms. The van der Waals surface area contributed by atoms with E-state index in [1.54, 1.807) is 6.92 Å². The average Bonchev–Trinajstić information content (AvgIpc) is 2.50. The Morgan fingerprint density at radius 1 is 1.62 bits per heavy atom. The van der Waals surface area contributed by atoms with Gasteiger partial charge in [-0.3, -0.25) is 5.10 Å². The Balaban J connectivity index is 2.67. The number of hydrogen-bond acceptors (Lipinski definition) is 3. The van der Waals surface area contributed by atoms with Gasteiger partial charge in [-0.25, -0.2) is 0 Å². The van der Waals surface area contributed by atoms with Gasteiger partial charge in [-0.2, -0.15) is 5.10 Å². The maximum absolute atomic E-state index is 9.62. The minimum Gasteiger partial charge on any atom is -0.390 e. The second kappa shape index (κ2) is 4.60. The van der Waals surface area contributed by atoms with Crippen LogP contribution in [0.1, 0.15) is 23.8 Å². The molecular weight excluding hydrogens is 192 g/mol. The van der Waals surface area contributed by atoms with E-state index in [9.17, 15) is 10.2 Å². The molecule has 4 nitrogen and oxygen atoms in total. The number of nitrogens with zero attached hydrogens (tertiary/aromatic N) is 1. The van der Waals surface area contributed by atoms with E-state index in [1.807, 2.05) is 0 Å². The first-order valence-corrected chi connectivity index (χ1v) is 4.62. The van der Waals surface area contributed by atoms with Crippen molar-refractivity contribution in [1.82, 2.24) is 10.2 Å². The highest BCUT2D eigenvalue weighted by atomic mass is 35.5. The molecule has 2 unspecified atom stereocenters. The summed E-state index contributed by atoms with van der Waals surface area (Å²) < 4.78 is 0. The van der Waals surface area contributed by atoms with Gasteiger partial charge in [-0.15, -0.1) is 11.6 Å². The van der Waals surface area contributed by atoms with Crippen molar-refractivity contribution in [2.45, 2.75) is 25.6 Å². The van der Waals surface area contributed by atoms with Crippen LogP contribution in [0.25, 0.3) is 0 Å². The van der Waals surface area contributed by atoms with E-state index in [2.05, 4.69) is 10.2 Å². The molecule has 1 rings (SSSR count). The highest BCUT2D eigenvalue weighted by Crippen LogP contribution is 2.20. The van der Waals surface area contributed by atoms with Gasteiger partial charge in [-0.05, 0) is 13.3 Å². The molecule has 0 aliphatic carbocycles. The van der Waals surface area contributed by atoms with Gasteiger partial charge in [0.2, 0.25) is 0 Å². The van der Waals surface area contributed by atoms with Crippen molar-refractivity contribution in [1.29, 1.82) is 0 Å². The summed E-state index contributed by atoms with van der Waals surface area (Å²) in [6.45, 7) is 1.79. The molecule has 0 spiro atoms. The minimum absolute atomic E-state index is 0.328. The van der Waals surface area contributed by atoms with Crippen LogP contribution >= 0.6 is 11.6 Å². The van der Waals surface area contributed by atoms with Crippen molar-refractivity contribution >= 4 is 11.6 Å². The molecule has 0 saturated carbocycles. The number of rotatable bonds is 4. The first kappa shape index (κ1) is 10.5. The van der Waals surface area contributed by atoms with Crippen LogP contribution in [0.2, 0.25) is 0 Å². The lowest BCUT2D eigenvalue weighted by atomic mass is 10.0. The summed E-state index contributed by atoms with van der Waals surface area (Å²) >= 11 is 5.45. The predicted molar refractivity (Wildman–Crippen MR) is 49.6 cm³/mol. The second-order valence-electron chi connectivity index (χ2n) is 2.94. The molecule has 0 bridgehead atoms. The zero-order valence-electron chi connectivity index (χ0n) is 7.37. The fraction of sp³-hybridized carbons (Fsp3) is 0.625. The van der Waals surface area contributed by atoms with Crippen LogP contribution in [0.15, 0.2) is 6.20 Å². The van der Waals surface area contributed by atoms with Crippen molar-refractivity contribution in [3.8, 4) is 0 Å². The normalized spacial score (nSPS) is 15.7. The van der Waals surface area contributed by atoms with E-state index in [1.165, 1.54) is 6.20 Å². The number of aromatic nitrogens is 2. The van der Waals surface area contributed by atoms with Crippen molar-refractivity contribution in [2.75, 3.05) is 5.88 Å². The summed E-state index contributed by atoms with van der Waals surface area (Å²) in [6, 6.07) is 0. The van der Waals surface area contributed by atoms with Crippen LogP contribution in [0.4, 0.5) is 0 Å². The molecule has 0 aromatic carbocycles. The number of aliphatic hydroxyl groups is 2. The Hall–Kier alpha value is -0.580. The molecule has 2 atom stereocenters. The van der Waals surface area contributed by atoms with Crippen LogP contribution in [0.5, 0.6) is 0 Å². The minimum atomic E-state index is -0.905. The monoisotopic (exact) mass is 204 g/mol. The average molecular weight is 205 g/mol. The molecule has 1 aromatic rings. The first-order valence-electron chi connectivity index (χ1n) is 4.08. The lowest BCUT2D eigenvalue weighted by molar-refractivity contribution is 0.0166. The van der Waals surface area contributed by atoms with E-state index < -0.39 is 12.2 Å². The Morgan fingerprint density at radius 2 is 2.31 bits per heavy atom. The number of aryl methyl sites for hydroxylation is 1. The Kier molecular flexibility index (Phi) is 3.71. The van der Waals surface area contributed by atoms with Gasteiger partial charge in [0, 0.05) is 17.1 Å². The predicted octanol–water partition coefficient (Wildman–Crippen LogP) is 0.741. The van der Waals surface area contributed by atoms with Crippen LogP contribution < -0.4 is 0 Å². The van der Waals surface area contributed by atoms with Gasteiger partial charge >= 0.3 is 0 Å². The molecule has 0 fully saturated rings. The zero-order chi connectivity index (χ0) is 9.84. The number of H-pyrrole nitrogens is 1. The lowest BCUT2D eigenvalue weighted by Crippen LogP contribution is -2.18. The Labute approximate surface area is 81.5 Å². The van der Waals surface area contributed by atoms with Crippen LogP contribution in [-0.2, 0) is 0 Å². The third-order valence-electron chi connectivity index (χ3n) is 1.96. The third-order valence-corrected chi connectivity index (χ3v) is 2.18. The summed E-state index contributed by atoms with van der Waals surface area (Å²) in [4.78, 5) is 0. The smallest absolute Gasteiger partial charge is 0.108 e. The van der Waals surface area contributed by atoms with Crippen LogP contribution in [0, 0.1) is 6.92 Å². The standard InChI is InChI=1S/C8H13ClN2O2/c1-5-6(4-10-11-5)8(13)7(12)2-3-9/h4,7-8,12-13H,2-3H2,1H3,(H,10,11). The maximum atomic E-state index is 9.62. The van der Waals surface area contributed by atoms with E-state index in [0.717, 1.165) is 5.69 Å². The molecule has 0 aliphatic heterocycles. The molecule has 1 aromatic heterocycles. The largest absolute Gasteiger partial charge is 0.390 e. The number of hydrogen-bond donors (Lipinski definition) is 3. The summed E-state index contributed by atoms with van der Waals surface area (Å²) in [5.74, 6) is 0.328. The topological polar surface area (TPSA) is 69.1 Å². The maximum Gasteiger partial charge on any atom is 0.108 e. The summed E-state index contributed by atoms with van der Waals surface area (Å²) in [6.07, 6.45) is 0.149. The fourth-order valence-corrected chi connectivity index (χ4v) is 1.36. The van der Waals surface area contributed by atoms with Crippen molar-refractivity contribution in [3.63, 3.8) is 0 Å². The lowest BCUT2D eigenvalue weighted by Gasteiger charge is -2.15. The molecule has 3 N–H and O–H groups in total. The van der Waals surface area contributed by atoms with Crippen molar-refractivity contribution < 1.29 is 10.2 Å².